The second-order valence-electron chi connectivity index (χ2n) is 6.77. The molecule has 2 aliphatic heterocycles. The first-order valence-corrected chi connectivity index (χ1v) is 9.11. The number of nitrogens with zero attached hydrogens (tertiary/aromatic N) is 4. The second kappa shape index (κ2) is 8.39. The highest BCUT2D eigenvalue weighted by molar-refractivity contribution is 5.99. The minimum atomic E-state index is -0.370. The quantitative estimate of drug-likeness (QED) is 0.782. The Hall–Kier alpha value is -2.61. The molecule has 0 aromatic heterocycles. The van der Waals surface area contributed by atoms with Gasteiger partial charge in [-0.25, -0.2) is 0 Å². The van der Waals surface area contributed by atoms with Crippen molar-refractivity contribution in [2.24, 2.45) is 4.99 Å². The van der Waals surface area contributed by atoms with Crippen LogP contribution in [0.15, 0.2) is 29.3 Å². The molecule has 0 saturated carbocycles. The molecule has 8 heteroatoms. The Morgan fingerprint density at radius 2 is 1.81 bits per heavy atom. The molecule has 1 aromatic rings. The summed E-state index contributed by atoms with van der Waals surface area (Å²) in [4.78, 5) is 32.9. The predicted molar refractivity (Wildman–Crippen MR) is 102 cm³/mol. The van der Waals surface area contributed by atoms with Gasteiger partial charge < -0.3 is 14.4 Å². The van der Waals surface area contributed by atoms with E-state index in [1.807, 2.05) is 12.1 Å². The fourth-order valence-electron chi connectivity index (χ4n) is 3.38. The molecule has 2 saturated heterocycles. The number of ether oxygens (including phenoxy) is 2. The molecule has 8 nitrogen and oxygen atoms in total. The van der Waals surface area contributed by atoms with Crippen LogP contribution >= 0.6 is 0 Å². The largest absolute Gasteiger partial charge is 0.497 e. The van der Waals surface area contributed by atoms with Crippen LogP contribution in [0.25, 0.3) is 0 Å². The topological polar surface area (TPSA) is 74.7 Å². The molecule has 2 fully saturated rings. The van der Waals surface area contributed by atoms with Crippen molar-refractivity contribution in [3.63, 3.8) is 0 Å². The van der Waals surface area contributed by atoms with Gasteiger partial charge in [-0.3, -0.25) is 19.4 Å². The van der Waals surface area contributed by atoms with Gasteiger partial charge in [0.25, 0.3) is 0 Å². The summed E-state index contributed by atoms with van der Waals surface area (Å²) >= 11 is 0. The van der Waals surface area contributed by atoms with Crippen LogP contribution in [0.4, 0.5) is 5.69 Å². The van der Waals surface area contributed by atoms with Crippen LogP contribution in [0.3, 0.4) is 0 Å². The van der Waals surface area contributed by atoms with Crippen molar-refractivity contribution in [2.75, 3.05) is 51.3 Å². The van der Waals surface area contributed by atoms with Gasteiger partial charge >= 0.3 is 6.02 Å². The smallest absolute Gasteiger partial charge is 0.302 e. The normalized spacial score (nSPS) is 22.0. The lowest BCUT2D eigenvalue weighted by atomic mass is 10.2. The number of benzene rings is 1. The highest BCUT2D eigenvalue weighted by Gasteiger charge is 2.34. The lowest BCUT2D eigenvalue weighted by Crippen LogP contribution is -2.49. The maximum absolute atomic E-state index is 11.7. The molecule has 0 spiro atoms. The van der Waals surface area contributed by atoms with Crippen molar-refractivity contribution in [2.45, 2.75) is 20.0 Å². The zero-order chi connectivity index (χ0) is 19.4. The standard InChI is InChI=1S/C19H26N4O4/c1-14(24)20-19-23(15(2)25)13-18(27-19)12-21-8-10-22(11-9-21)16-4-6-17(26-3)7-5-16/h4-7,18H,8-13H2,1-3H3. The number of amides is 2. The summed E-state index contributed by atoms with van der Waals surface area (Å²) in [5.41, 5.74) is 1.19. The Bertz CT molecular complexity index is 711. The first-order valence-electron chi connectivity index (χ1n) is 9.11. The number of piperazine rings is 1. The molecule has 2 heterocycles. The van der Waals surface area contributed by atoms with E-state index in [4.69, 9.17) is 9.47 Å². The third-order valence-corrected chi connectivity index (χ3v) is 4.79. The van der Waals surface area contributed by atoms with Crippen LogP contribution in [0.2, 0.25) is 0 Å². The van der Waals surface area contributed by atoms with Gasteiger partial charge in [0.1, 0.15) is 11.9 Å². The summed E-state index contributed by atoms with van der Waals surface area (Å²) in [6, 6.07) is 8.21. The minimum Gasteiger partial charge on any atom is -0.497 e. The fourth-order valence-corrected chi connectivity index (χ4v) is 3.38. The highest BCUT2D eigenvalue weighted by atomic mass is 16.5. The summed E-state index contributed by atoms with van der Waals surface area (Å²) in [6.07, 6.45) is -0.167. The first kappa shape index (κ1) is 19.2. The van der Waals surface area contributed by atoms with Crippen molar-refractivity contribution in [1.82, 2.24) is 9.80 Å². The number of carbonyl (C=O) groups excluding carboxylic acids is 2. The van der Waals surface area contributed by atoms with Crippen LogP contribution in [0.1, 0.15) is 13.8 Å². The summed E-state index contributed by atoms with van der Waals surface area (Å²) in [5, 5.41) is 0. The molecule has 1 aromatic carbocycles. The van der Waals surface area contributed by atoms with Crippen molar-refractivity contribution < 1.29 is 19.1 Å². The Morgan fingerprint density at radius 3 is 2.37 bits per heavy atom. The molecule has 0 aliphatic carbocycles. The number of anilines is 1. The Labute approximate surface area is 159 Å². The minimum absolute atomic E-state index is 0.122. The second-order valence-corrected chi connectivity index (χ2v) is 6.77. The zero-order valence-corrected chi connectivity index (χ0v) is 16.1. The molecular weight excluding hydrogens is 348 g/mol. The van der Waals surface area contributed by atoms with E-state index in [0.29, 0.717) is 13.1 Å². The molecule has 3 rings (SSSR count). The lowest BCUT2D eigenvalue weighted by Gasteiger charge is -2.36. The van der Waals surface area contributed by atoms with Crippen LogP contribution in [0, 0.1) is 0 Å². The van der Waals surface area contributed by atoms with Gasteiger partial charge in [0.05, 0.1) is 13.7 Å². The zero-order valence-electron chi connectivity index (χ0n) is 16.1. The number of aliphatic imine (C=N–C) groups is 1. The van der Waals surface area contributed by atoms with Gasteiger partial charge in [-0.1, -0.05) is 0 Å². The molecule has 1 unspecified atom stereocenters. The van der Waals surface area contributed by atoms with E-state index in [1.165, 1.54) is 24.4 Å². The van der Waals surface area contributed by atoms with Crippen molar-refractivity contribution in [1.29, 1.82) is 0 Å². The molecule has 27 heavy (non-hydrogen) atoms. The molecule has 2 aliphatic rings. The average Bonchev–Trinajstić information content (AvgIpc) is 3.04. The van der Waals surface area contributed by atoms with Crippen molar-refractivity contribution >= 4 is 23.5 Å². The van der Waals surface area contributed by atoms with Crippen molar-refractivity contribution in [3.05, 3.63) is 24.3 Å². The van der Waals surface area contributed by atoms with Gasteiger partial charge in [0, 0.05) is 52.3 Å². The van der Waals surface area contributed by atoms with E-state index in [9.17, 15) is 9.59 Å². The SMILES string of the molecule is COc1ccc(N2CCN(CC3CN(C(C)=O)C(=NC(C)=O)O3)CC2)cc1. The molecule has 2 amide bonds. The van der Waals surface area contributed by atoms with Gasteiger partial charge in [0.15, 0.2) is 0 Å². The number of carbonyl (C=O) groups is 2. The third kappa shape index (κ3) is 4.77. The third-order valence-electron chi connectivity index (χ3n) is 4.79. The lowest BCUT2D eigenvalue weighted by molar-refractivity contribution is -0.124. The predicted octanol–water partition coefficient (Wildman–Crippen LogP) is 0.967. The van der Waals surface area contributed by atoms with Gasteiger partial charge in [-0.05, 0) is 24.3 Å². The van der Waals surface area contributed by atoms with E-state index >= 15 is 0 Å². The molecule has 0 bridgehead atoms. The van der Waals surface area contributed by atoms with Gasteiger partial charge in [-0.15, -0.1) is 0 Å². The first-order chi connectivity index (χ1) is 13.0. The Morgan fingerprint density at radius 1 is 1.15 bits per heavy atom. The number of methoxy groups -OCH3 is 1. The summed E-state index contributed by atoms with van der Waals surface area (Å²) in [5.74, 6) is 0.320. The number of hydrogen-bond acceptors (Lipinski definition) is 6. The summed E-state index contributed by atoms with van der Waals surface area (Å²) in [6.45, 7) is 7.59. The van der Waals surface area contributed by atoms with Crippen LogP contribution in [-0.4, -0.2) is 80.1 Å². The highest BCUT2D eigenvalue weighted by Crippen LogP contribution is 2.21. The van der Waals surface area contributed by atoms with E-state index in [2.05, 4.69) is 26.9 Å². The molecule has 146 valence electrons. The fraction of sp³-hybridized carbons (Fsp3) is 0.526. The molecule has 1 atom stereocenters. The van der Waals surface area contributed by atoms with E-state index in [-0.39, 0.29) is 23.9 Å². The summed E-state index contributed by atoms with van der Waals surface area (Å²) in [7, 11) is 1.67. The van der Waals surface area contributed by atoms with Crippen molar-refractivity contribution in [3.8, 4) is 5.75 Å². The van der Waals surface area contributed by atoms with E-state index < -0.39 is 0 Å². The van der Waals surface area contributed by atoms with Crippen LogP contribution in [-0.2, 0) is 14.3 Å². The van der Waals surface area contributed by atoms with E-state index in [1.54, 1.807) is 7.11 Å². The maximum atomic E-state index is 11.7. The molecule has 0 N–H and O–H groups in total. The van der Waals surface area contributed by atoms with Gasteiger partial charge in [0.2, 0.25) is 11.8 Å². The molecule has 0 radical (unpaired) electrons. The number of rotatable bonds is 4. The van der Waals surface area contributed by atoms with Crippen LogP contribution < -0.4 is 9.64 Å². The maximum Gasteiger partial charge on any atom is 0.302 e. The Balaban J connectivity index is 1.53. The summed E-state index contributed by atoms with van der Waals surface area (Å²) < 4.78 is 11.0. The number of amidine groups is 1. The monoisotopic (exact) mass is 374 g/mol. The number of hydrogen-bond donors (Lipinski definition) is 0. The molecular formula is C19H26N4O4. The van der Waals surface area contributed by atoms with E-state index in [0.717, 1.165) is 31.9 Å². The van der Waals surface area contributed by atoms with Gasteiger partial charge in [-0.2, -0.15) is 4.99 Å². The Kier molecular flexibility index (Phi) is 5.95. The van der Waals surface area contributed by atoms with Crippen LogP contribution in [0.5, 0.6) is 5.75 Å². The average molecular weight is 374 g/mol.